The Hall–Kier alpha value is -1.99. The number of aliphatic carboxylic acids is 1. The second kappa shape index (κ2) is 7.69. The highest BCUT2D eigenvalue weighted by atomic mass is 32.2. The molecule has 29 heavy (non-hydrogen) atoms. The summed E-state index contributed by atoms with van der Waals surface area (Å²) in [6.45, 7) is 3.68. The van der Waals surface area contributed by atoms with E-state index in [4.69, 9.17) is 25.1 Å². The number of carbonyl (C=O) groups is 1. The first-order valence-corrected chi connectivity index (χ1v) is 10.4. The Morgan fingerprint density at radius 2 is 2.17 bits per heavy atom. The monoisotopic (exact) mass is 425 g/mol. The summed E-state index contributed by atoms with van der Waals surface area (Å²) in [4.78, 5) is 33.7. The summed E-state index contributed by atoms with van der Waals surface area (Å²) < 4.78 is 20.1. The highest BCUT2D eigenvalue weighted by molar-refractivity contribution is 7.99. The van der Waals surface area contributed by atoms with Crippen LogP contribution in [0.15, 0.2) is 17.4 Å². The van der Waals surface area contributed by atoms with Gasteiger partial charge in [0.05, 0.1) is 18.8 Å². The van der Waals surface area contributed by atoms with Gasteiger partial charge in [-0.2, -0.15) is 11.8 Å². The van der Waals surface area contributed by atoms with Crippen molar-refractivity contribution < 1.29 is 24.1 Å². The molecule has 0 bridgehead atoms. The number of aromatic amines is 1. The Morgan fingerprint density at radius 3 is 2.93 bits per heavy atom. The second-order valence-corrected chi connectivity index (χ2v) is 8.64. The largest absolute Gasteiger partial charge is 0.480 e. The summed E-state index contributed by atoms with van der Waals surface area (Å²) in [6, 6.07) is -0.876. The summed E-state index contributed by atoms with van der Waals surface area (Å²) in [6.07, 6.45) is 1.68. The number of ether oxygens (including phenoxy) is 3. The number of rotatable bonds is 7. The van der Waals surface area contributed by atoms with Gasteiger partial charge in [-0.05, 0) is 26.0 Å². The SMILES string of the molecule is CC1(C)O[C@@H]2[C@H](O1)[C@@H](CSCC[C@H](N)C(=O)O)O[C@H]2n1cnc2c(=O)[nH]cnc21. The van der Waals surface area contributed by atoms with Crippen molar-refractivity contribution in [2.75, 3.05) is 11.5 Å². The van der Waals surface area contributed by atoms with Crippen LogP contribution < -0.4 is 11.3 Å². The number of hydrogen-bond acceptors (Lipinski definition) is 9. The standard InChI is InChI=1S/C17H23N5O6S/c1-17(2)27-11-9(5-29-4-3-8(18)16(24)25)26-15(12(11)28-17)22-7-21-10-13(22)19-6-20-14(10)23/h6-9,11-12,15H,3-5,18H2,1-2H3,(H,24,25)(H,19,20,23)/t8-,9+,11+,12+,15+/m0/s1. The van der Waals surface area contributed by atoms with Gasteiger partial charge in [0.2, 0.25) is 0 Å². The number of fused-ring (bicyclic) bond motifs is 2. The van der Waals surface area contributed by atoms with Crippen LogP contribution in [0.25, 0.3) is 11.2 Å². The van der Waals surface area contributed by atoms with Gasteiger partial charge in [-0.3, -0.25) is 14.2 Å². The molecule has 0 spiro atoms. The molecule has 0 saturated carbocycles. The van der Waals surface area contributed by atoms with Crippen LogP contribution in [-0.2, 0) is 19.0 Å². The van der Waals surface area contributed by atoms with Gasteiger partial charge in [0.25, 0.3) is 5.56 Å². The van der Waals surface area contributed by atoms with E-state index in [2.05, 4.69) is 15.0 Å². The summed E-state index contributed by atoms with van der Waals surface area (Å²) in [5.41, 5.74) is 5.86. The van der Waals surface area contributed by atoms with Crippen molar-refractivity contribution in [2.45, 2.75) is 56.6 Å². The lowest BCUT2D eigenvalue weighted by Crippen LogP contribution is -2.32. The number of carboxylic acids is 1. The maximum absolute atomic E-state index is 12.0. The fourth-order valence-corrected chi connectivity index (χ4v) is 4.69. The zero-order chi connectivity index (χ0) is 20.8. The lowest BCUT2D eigenvalue weighted by Gasteiger charge is -2.24. The van der Waals surface area contributed by atoms with Gasteiger partial charge in [0, 0.05) is 5.75 Å². The van der Waals surface area contributed by atoms with Crippen LogP contribution in [0.1, 0.15) is 26.5 Å². The summed E-state index contributed by atoms with van der Waals surface area (Å²) in [7, 11) is 0. The smallest absolute Gasteiger partial charge is 0.320 e. The molecule has 12 heteroatoms. The first-order chi connectivity index (χ1) is 13.8. The predicted molar refractivity (Wildman–Crippen MR) is 103 cm³/mol. The van der Waals surface area contributed by atoms with Crippen LogP contribution in [0.5, 0.6) is 0 Å². The van der Waals surface area contributed by atoms with Crippen LogP contribution in [0.2, 0.25) is 0 Å². The van der Waals surface area contributed by atoms with Crippen LogP contribution in [0, 0.1) is 0 Å². The zero-order valence-corrected chi connectivity index (χ0v) is 16.8. The maximum Gasteiger partial charge on any atom is 0.320 e. The van der Waals surface area contributed by atoms with E-state index in [1.807, 2.05) is 13.8 Å². The molecule has 2 aromatic heterocycles. The highest BCUT2D eigenvalue weighted by Gasteiger charge is 2.56. The molecular weight excluding hydrogens is 402 g/mol. The minimum Gasteiger partial charge on any atom is -0.480 e. The molecule has 2 aromatic rings. The van der Waals surface area contributed by atoms with Gasteiger partial charge < -0.3 is 30.0 Å². The third kappa shape index (κ3) is 3.90. The van der Waals surface area contributed by atoms with Crippen molar-refractivity contribution in [2.24, 2.45) is 5.73 Å². The number of hydrogen-bond donors (Lipinski definition) is 3. The molecule has 158 valence electrons. The molecule has 0 amide bonds. The number of thioether (sulfide) groups is 1. The number of imidazole rings is 1. The van der Waals surface area contributed by atoms with Crippen LogP contribution >= 0.6 is 11.8 Å². The summed E-state index contributed by atoms with van der Waals surface area (Å²) >= 11 is 1.55. The molecule has 2 saturated heterocycles. The molecule has 5 atom stereocenters. The molecule has 0 unspecified atom stereocenters. The molecule has 2 fully saturated rings. The van der Waals surface area contributed by atoms with Crippen LogP contribution in [0.3, 0.4) is 0 Å². The second-order valence-electron chi connectivity index (χ2n) is 7.49. The topological polar surface area (TPSA) is 155 Å². The third-order valence-electron chi connectivity index (χ3n) is 4.94. The van der Waals surface area contributed by atoms with Crippen molar-refractivity contribution in [1.82, 2.24) is 19.5 Å². The Kier molecular flexibility index (Phi) is 5.38. The fraction of sp³-hybridized carbons (Fsp3) is 0.647. The molecule has 2 aliphatic heterocycles. The lowest BCUT2D eigenvalue weighted by molar-refractivity contribution is -0.193. The Bertz CT molecular complexity index is 961. The van der Waals surface area contributed by atoms with Gasteiger partial charge in [0.1, 0.15) is 18.2 Å². The molecule has 4 rings (SSSR count). The molecule has 0 radical (unpaired) electrons. The number of carboxylic acid groups (broad SMARTS) is 1. The van der Waals surface area contributed by atoms with Crippen molar-refractivity contribution >= 4 is 28.9 Å². The predicted octanol–water partition coefficient (Wildman–Crippen LogP) is 0.0723. The van der Waals surface area contributed by atoms with Crippen molar-refractivity contribution in [1.29, 1.82) is 0 Å². The molecular formula is C17H23N5O6S. The average molecular weight is 425 g/mol. The molecule has 4 heterocycles. The number of H-pyrrole nitrogens is 1. The first kappa shape index (κ1) is 20.3. The quantitative estimate of drug-likeness (QED) is 0.519. The number of nitrogens with zero attached hydrogens (tertiary/aromatic N) is 3. The van der Waals surface area contributed by atoms with E-state index in [0.29, 0.717) is 23.6 Å². The van der Waals surface area contributed by atoms with E-state index in [1.165, 1.54) is 12.7 Å². The number of aromatic nitrogens is 4. The van der Waals surface area contributed by atoms with Crippen LogP contribution in [0.4, 0.5) is 0 Å². The molecule has 0 aromatic carbocycles. The normalized spacial score (nSPS) is 29.2. The van der Waals surface area contributed by atoms with Crippen molar-refractivity contribution in [3.8, 4) is 0 Å². The van der Waals surface area contributed by atoms with Gasteiger partial charge >= 0.3 is 5.97 Å². The number of nitrogens with one attached hydrogen (secondary N) is 1. The summed E-state index contributed by atoms with van der Waals surface area (Å²) in [5.74, 6) is -0.603. The third-order valence-corrected chi connectivity index (χ3v) is 6.03. The van der Waals surface area contributed by atoms with Crippen molar-refractivity contribution in [3.63, 3.8) is 0 Å². The fourth-order valence-electron chi connectivity index (χ4n) is 3.60. The average Bonchev–Trinajstić information content (AvgIpc) is 3.30. The molecule has 2 aliphatic rings. The lowest BCUT2D eigenvalue weighted by atomic mass is 10.1. The van der Waals surface area contributed by atoms with Gasteiger partial charge in [0.15, 0.2) is 23.2 Å². The molecule has 4 N–H and O–H groups in total. The van der Waals surface area contributed by atoms with E-state index in [0.717, 1.165) is 0 Å². The number of nitrogens with two attached hydrogens (primary N) is 1. The van der Waals surface area contributed by atoms with E-state index in [9.17, 15) is 9.59 Å². The Balaban J connectivity index is 1.51. The maximum atomic E-state index is 12.0. The van der Waals surface area contributed by atoms with E-state index in [1.54, 1.807) is 16.3 Å². The molecule has 11 nitrogen and oxygen atoms in total. The van der Waals surface area contributed by atoms with E-state index < -0.39 is 30.1 Å². The van der Waals surface area contributed by atoms with E-state index >= 15 is 0 Å². The molecule has 0 aliphatic carbocycles. The van der Waals surface area contributed by atoms with Crippen LogP contribution in [-0.4, -0.2) is 72.2 Å². The zero-order valence-electron chi connectivity index (χ0n) is 16.0. The Morgan fingerprint density at radius 1 is 1.41 bits per heavy atom. The Labute approximate surface area is 169 Å². The summed E-state index contributed by atoms with van der Waals surface area (Å²) in [5, 5.41) is 8.89. The van der Waals surface area contributed by atoms with Gasteiger partial charge in [-0.15, -0.1) is 0 Å². The van der Waals surface area contributed by atoms with Crippen molar-refractivity contribution in [3.05, 3.63) is 23.0 Å². The van der Waals surface area contributed by atoms with Gasteiger partial charge in [-0.1, -0.05) is 0 Å². The minimum atomic E-state index is -1.01. The first-order valence-electron chi connectivity index (χ1n) is 9.24. The minimum absolute atomic E-state index is 0.228. The van der Waals surface area contributed by atoms with Gasteiger partial charge in [-0.25, -0.2) is 9.97 Å². The highest BCUT2D eigenvalue weighted by Crippen LogP contribution is 2.44. The van der Waals surface area contributed by atoms with E-state index in [-0.39, 0.29) is 23.3 Å².